The third-order valence-electron chi connectivity index (χ3n) is 5.45. The summed E-state index contributed by atoms with van der Waals surface area (Å²) >= 11 is 1.98. The number of amides is 2. The molecule has 2 saturated carbocycles. The Bertz CT molecular complexity index is 391. The molecule has 21 heavy (non-hydrogen) atoms. The first-order valence-electron chi connectivity index (χ1n) is 8.53. The monoisotopic (exact) mass is 310 g/mol. The summed E-state index contributed by atoms with van der Waals surface area (Å²) in [5, 5.41) is 6.50. The Morgan fingerprint density at radius 2 is 1.95 bits per heavy atom. The summed E-state index contributed by atoms with van der Waals surface area (Å²) in [6, 6.07) is 0.795. The van der Waals surface area contributed by atoms with Crippen LogP contribution in [0.15, 0.2) is 0 Å². The molecule has 2 atom stereocenters. The molecule has 0 aromatic carbocycles. The number of hydrogen-bond acceptors (Lipinski definition) is 3. The van der Waals surface area contributed by atoms with Gasteiger partial charge in [0.05, 0.1) is 5.60 Å². The number of carbonyl (C=O) groups is 1. The molecule has 4 nitrogen and oxygen atoms in total. The summed E-state index contributed by atoms with van der Waals surface area (Å²) in [4.78, 5) is 12.3. The average Bonchev–Trinajstić information content (AvgIpc) is 3.37. The molecule has 0 aromatic rings. The fraction of sp³-hybridized carbons (Fsp3) is 0.938. The maximum absolute atomic E-state index is 12.3. The SMILES string of the molecule is O=C(NC(C1CC1)C1CC1)N[C@H]1CCO[C@@]2(CCSC2)C1. The van der Waals surface area contributed by atoms with Crippen LogP contribution >= 0.6 is 11.8 Å². The van der Waals surface area contributed by atoms with Gasteiger partial charge in [0.25, 0.3) is 0 Å². The maximum atomic E-state index is 12.3. The summed E-state index contributed by atoms with van der Waals surface area (Å²) in [6.07, 6.45) is 8.31. The van der Waals surface area contributed by atoms with Gasteiger partial charge in [-0.25, -0.2) is 4.79 Å². The molecule has 0 unspecified atom stereocenters. The highest BCUT2D eigenvalue weighted by Crippen LogP contribution is 2.44. The molecule has 2 amide bonds. The number of rotatable bonds is 4. The first-order chi connectivity index (χ1) is 10.2. The summed E-state index contributed by atoms with van der Waals surface area (Å²) < 4.78 is 6.02. The van der Waals surface area contributed by atoms with Crippen molar-refractivity contribution in [3.05, 3.63) is 0 Å². The van der Waals surface area contributed by atoms with Crippen molar-refractivity contribution in [1.29, 1.82) is 0 Å². The fourth-order valence-electron chi connectivity index (χ4n) is 3.92. The Balaban J connectivity index is 1.29. The molecule has 4 rings (SSSR count). The van der Waals surface area contributed by atoms with E-state index in [1.165, 1.54) is 31.4 Å². The van der Waals surface area contributed by atoms with Crippen LogP contribution in [0.1, 0.15) is 44.9 Å². The van der Waals surface area contributed by atoms with Crippen LogP contribution in [0.4, 0.5) is 4.79 Å². The third kappa shape index (κ3) is 3.34. The van der Waals surface area contributed by atoms with E-state index in [0.29, 0.717) is 6.04 Å². The van der Waals surface area contributed by atoms with E-state index in [-0.39, 0.29) is 17.7 Å². The summed E-state index contributed by atoms with van der Waals surface area (Å²) in [6.45, 7) is 0.792. The number of nitrogens with one attached hydrogen (secondary N) is 2. The van der Waals surface area contributed by atoms with Crippen LogP contribution in [-0.4, -0.2) is 41.8 Å². The van der Waals surface area contributed by atoms with Crippen LogP contribution < -0.4 is 10.6 Å². The second-order valence-electron chi connectivity index (χ2n) is 7.34. The normalized spacial score (nSPS) is 36.1. The van der Waals surface area contributed by atoms with E-state index in [4.69, 9.17) is 4.74 Å². The van der Waals surface area contributed by atoms with E-state index in [9.17, 15) is 4.79 Å². The van der Waals surface area contributed by atoms with E-state index in [0.717, 1.165) is 43.5 Å². The molecular weight excluding hydrogens is 284 g/mol. The van der Waals surface area contributed by atoms with Gasteiger partial charge in [-0.05, 0) is 62.5 Å². The molecule has 4 aliphatic rings. The minimum Gasteiger partial charge on any atom is -0.374 e. The Morgan fingerprint density at radius 3 is 2.57 bits per heavy atom. The molecule has 0 radical (unpaired) electrons. The molecule has 0 bridgehead atoms. The smallest absolute Gasteiger partial charge is 0.315 e. The lowest BCUT2D eigenvalue weighted by molar-refractivity contribution is -0.0684. The zero-order valence-electron chi connectivity index (χ0n) is 12.6. The average molecular weight is 310 g/mol. The Morgan fingerprint density at radius 1 is 1.19 bits per heavy atom. The van der Waals surface area contributed by atoms with Gasteiger partial charge in [-0.3, -0.25) is 0 Å². The number of thioether (sulfide) groups is 1. The largest absolute Gasteiger partial charge is 0.374 e. The maximum Gasteiger partial charge on any atom is 0.315 e. The minimum atomic E-state index is 0.0489. The zero-order chi connectivity index (χ0) is 14.3. The van der Waals surface area contributed by atoms with Crippen LogP contribution in [0.2, 0.25) is 0 Å². The topological polar surface area (TPSA) is 50.4 Å². The van der Waals surface area contributed by atoms with Gasteiger partial charge in [0.15, 0.2) is 0 Å². The van der Waals surface area contributed by atoms with E-state index in [1.54, 1.807) is 0 Å². The first kappa shape index (κ1) is 14.2. The first-order valence-corrected chi connectivity index (χ1v) is 9.68. The van der Waals surface area contributed by atoms with Crippen molar-refractivity contribution in [1.82, 2.24) is 10.6 Å². The van der Waals surface area contributed by atoms with E-state index >= 15 is 0 Å². The highest BCUT2D eigenvalue weighted by Gasteiger charge is 2.43. The van der Waals surface area contributed by atoms with Gasteiger partial charge in [0, 0.05) is 24.4 Å². The molecule has 5 heteroatoms. The van der Waals surface area contributed by atoms with Crippen molar-refractivity contribution >= 4 is 17.8 Å². The molecule has 2 heterocycles. The van der Waals surface area contributed by atoms with E-state index < -0.39 is 0 Å². The van der Waals surface area contributed by atoms with Crippen molar-refractivity contribution < 1.29 is 9.53 Å². The molecule has 2 aliphatic heterocycles. The summed E-state index contributed by atoms with van der Waals surface area (Å²) in [7, 11) is 0. The molecule has 118 valence electrons. The van der Waals surface area contributed by atoms with Crippen molar-refractivity contribution in [2.75, 3.05) is 18.1 Å². The van der Waals surface area contributed by atoms with Crippen molar-refractivity contribution in [3.63, 3.8) is 0 Å². The van der Waals surface area contributed by atoms with Gasteiger partial charge >= 0.3 is 6.03 Å². The van der Waals surface area contributed by atoms with Crippen LogP contribution in [0.25, 0.3) is 0 Å². The molecule has 2 saturated heterocycles. The van der Waals surface area contributed by atoms with Gasteiger partial charge in [-0.2, -0.15) is 11.8 Å². The standard InChI is InChI=1S/C16H26N2O2S/c19-15(18-14(11-1-2-11)12-3-4-12)17-13-5-7-20-16(9-13)6-8-21-10-16/h11-14H,1-10H2,(H2,17,18,19)/t13-,16-/m0/s1. The Hall–Kier alpha value is -0.420. The number of hydrogen-bond donors (Lipinski definition) is 2. The zero-order valence-corrected chi connectivity index (χ0v) is 13.4. The van der Waals surface area contributed by atoms with Crippen molar-refractivity contribution in [3.8, 4) is 0 Å². The number of ether oxygens (including phenoxy) is 1. The number of carbonyl (C=O) groups excluding carboxylic acids is 1. The molecule has 4 fully saturated rings. The molecular formula is C16H26N2O2S. The van der Waals surface area contributed by atoms with Crippen molar-refractivity contribution in [2.45, 2.75) is 62.6 Å². The Kier molecular flexibility index (Phi) is 3.82. The second kappa shape index (κ2) is 5.65. The predicted molar refractivity (Wildman–Crippen MR) is 84.6 cm³/mol. The Labute approximate surface area is 131 Å². The predicted octanol–water partition coefficient (Wildman–Crippen LogP) is 2.53. The molecule has 1 spiro atoms. The van der Waals surface area contributed by atoms with Gasteiger partial charge < -0.3 is 15.4 Å². The van der Waals surface area contributed by atoms with Gasteiger partial charge in [0.1, 0.15) is 0 Å². The van der Waals surface area contributed by atoms with Crippen LogP contribution in [0, 0.1) is 11.8 Å². The highest BCUT2D eigenvalue weighted by molar-refractivity contribution is 7.99. The van der Waals surface area contributed by atoms with Crippen LogP contribution in [-0.2, 0) is 4.74 Å². The quantitative estimate of drug-likeness (QED) is 0.839. The van der Waals surface area contributed by atoms with Crippen molar-refractivity contribution in [2.24, 2.45) is 11.8 Å². The van der Waals surface area contributed by atoms with E-state index in [1.807, 2.05) is 11.8 Å². The minimum absolute atomic E-state index is 0.0489. The molecule has 2 aliphatic carbocycles. The van der Waals surface area contributed by atoms with E-state index in [2.05, 4.69) is 10.6 Å². The molecule has 0 aromatic heterocycles. The lowest BCUT2D eigenvalue weighted by atomic mass is 9.90. The number of urea groups is 1. The third-order valence-corrected chi connectivity index (χ3v) is 6.68. The molecule has 2 N–H and O–H groups in total. The lowest BCUT2D eigenvalue weighted by Crippen LogP contribution is -2.53. The summed E-state index contributed by atoms with van der Waals surface area (Å²) in [5.74, 6) is 3.82. The van der Waals surface area contributed by atoms with Gasteiger partial charge in [0.2, 0.25) is 0 Å². The lowest BCUT2D eigenvalue weighted by Gasteiger charge is -2.38. The highest BCUT2D eigenvalue weighted by atomic mass is 32.2. The van der Waals surface area contributed by atoms with Gasteiger partial charge in [-0.1, -0.05) is 0 Å². The van der Waals surface area contributed by atoms with Crippen LogP contribution in [0.5, 0.6) is 0 Å². The second-order valence-corrected chi connectivity index (χ2v) is 8.45. The fourth-order valence-corrected chi connectivity index (χ4v) is 5.30. The van der Waals surface area contributed by atoms with Gasteiger partial charge in [-0.15, -0.1) is 0 Å². The summed E-state index contributed by atoms with van der Waals surface area (Å²) in [5.41, 5.74) is 0.0489. The van der Waals surface area contributed by atoms with Crippen LogP contribution in [0.3, 0.4) is 0 Å².